The lowest BCUT2D eigenvalue weighted by atomic mass is 9.71. The molecule has 2 aliphatic heterocycles. The maximum absolute atomic E-state index is 6.06. The van der Waals surface area contributed by atoms with Crippen LogP contribution in [0.5, 0.6) is 0 Å². The third kappa shape index (κ3) is 0.909. The Morgan fingerprint density at radius 1 is 0.846 bits per heavy atom. The lowest BCUT2D eigenvalue weighted by Gasteiger charge is -2.44. The Kier molecular flexibility index (Phi) is 1.43. The zero-order chi connectivity index (χ0) is 10.1. The predicted molar refractivity (Wildman–Crippen MR) is 51.5 cm³/mol. The molecule has 2 unspecified atom stereocenters. The molecule has 0 amide bonds. The van der Waals surface area contributed by atoms with E-state index < -0.39 is 5.79 Å². The first-order valence-corrected chi connectivity index (χ1v) is 5.02. The van der Waals surface area contributed by atoms with Gasteiger partial charge in [-0.1, -0.05) is 13.8 Å². The van der Waals surface area contributed by atoms with Crippen LogP contribution in [0, 0.1) is 5.41 Å². The molecule has 2 bridgehead atoms. The third-order valence-corrected chi connectivity index (χ3v) is 4.15. The summed E-state index contributed by atoms with van der Waals surface area (Å²) in [4.78, 5) is 0. The summed E-state index contributed by atoms with van der Waals surface area (Å²) >= 11 is 0. The number of rotatable bonds is 0. The minimum atomic E-state index is -0.398. The average molecular weight is 184 g/mol. The van der Waals surface area contributed by atoms with E-state index in [0.29, 0.717) is 0 Å². The molecule has 2 heteroatoms. The lowest BCUT2D eigenvalue weighted by molar-refractivity contribution is -0.218. The molecule has 0 aromatic rings. The Hall–Kier alpha value is -0.0800. The van der Waals surface area contributed by atoms with Crippen molar-refractivity contribution in [2.24, 2.45) is 5.41 Å². The molecule has 0 aromatic carbocycles. The zero-order valence-electron chi connectivity index (χ0n) is 9.52. The highest BCUT2D eigenvalue weighted by Crippen LogP contribution is 2.62. The van der Waals surface area contributed by atoms with Crippen LogP contribution in [0.2, 0.25) is 0 Å². The van der Waals surface area contributed by atoms with E-state index in [4.69, 9.17) is 9.47 Å². The lowest BCUT2D eigenvalue weighted by Crippen LogP contribution is -2.52. The molecule has 13 heavy (non-hydrogen) atoms. The van der Waals surface area contributed by atoms with Gasteiger partial charge in [-0.05, 0) is 34.1 Å². The summed E-state index contributed by atoms with van der Waals surface area (Å²) in [7, 11) is 0. The van der Waals surface area contributed by atoms with Gasteiger partial charge in [0.2, 0.25) is 0 Å². The van der Waals surface area contributed by atoms with Crippen LogP contribution in [0.1, 0.15) is 48.0 Å². The predicted octanol–water partition coefficient (Wildman–Crippen LogP) is 2.72. The fourth-order valence-electron chi connectivity index (χ4n) is 2.70. The van der Waals surface area contributed by atoms with Crippen molar-refractivity contribution in [2.45, 2.75) is 65.0 Å². The first-order valence-electron chi connectivity index (χ1n) is 5.02. The summed E-state index contributed by atoms with van der Waals surface area (Å²) in [6.07, 6.45) is 1.07. The van der Waals surface area contributed by atoms with Gasteiger partial charge < -0.3 is 9.47 Å². The Morgan fingerprint density at radius 2 is 1.38 bits per heavy atom. The monoisotopic (exact) mass is 184 g/mol. The number of fused-ring (bicyclic) bond motifs is 2. The topological polar surface area (TPSA) is 18.5 Å². The van der Waals surface area contributed by atoms with Gasteiger partial charge >= 0.3 is 0 Å². The molecule has 76 valence electrons. The van der Waals surface area contributed by atoms with Crippen LogP contribution in [0.3, 0.4) is 0 Å². The SMILES string of the molecule is CC1(C)CC2(C)OC1(C)OC2(C)C. The van der Waals surface area contributed by atoms with Crippen LogP contribution in [-0.4, -0.2) is 17.0 Å². The van der Waals surface area contributed by atoms with Crippen LogP contribution in [0.25, 0.3) is 0 Å². The molecule has 2 saturated heterocycles. The summed E-state index contributed by atoms with van der Waals surface area (Å²) in [5.41, 5.74) is -0.153. The largest absolute Gasteiger partial charge is 0.341 e. The van der Waals surface area contributed by atoms with Crippen molar-refractivity contribution in [1.29, 1.82) is 0 Å². The van der Waals surface area contributed by atoms with E-state index in [1.54, 1.807) is 0 Å². The second kappa shape index (κ2) is 1.96. The standard InChI is InChI=1S/C11H20O2/c1-8(2)7-10(5)9(3,4)12-11(8,6)13-10/h7H2,1-6H3. The van der Waals surface area contributed by atoms with Crippen molar-refractivity contribution >= 4 is 0 Å². The molecule has 2 fully saturated rings. The average Bonchev–Trinajstić information content (AvgIpc) is 2.05. The van der Waals surface area contributed by atoms with Crippen LogP contribution in [0.15, 0.2) is 0 Å². The fraction of sp³-hybridized carbons (Fsp3) is 1.00. The van der Waals surface area contributed by atoms with Crippen LogP contribution in [-0.2, 0) is 9.47 Å². The normalized spacial score (nSPS) is 51.2. The molecule has 0 N–H and O–H groups in total. The molecule has 2 nitrogen and oxygen atoms in total. The summed E-state index contributed by atoms with van der Waals surface area (Å²) in [6.45, 7) is 12.9. The van der Waals surface area contributed by atoms with Gasteiger partial charge in [-0.15, -0.1) is 0 Å². The van der Waals surface area contributed by atoms with E-state index >= 15 is 0 Å². The Bertz CT molecular complexity index is 223. The first kappa shape index (κ1) is 9.47. The molecule has 0 spiro atoms. The van der Waals surface area contributed by atoms with Crippen LogP contribution < -0.4 is 0 Å². The van der Waals surface area contributed by atoms with Gasteiger partial charge in [0.25, 0.3) is 0 Å². The molecular weight excluding hydrogens is 164 g/mol. The minimum Gasteiger partial charge on any atom is -0.341 e. The fourth-order valence-corrected chi connectivity index (χ4v) is 2.70. The van der Waals surface area contributed by atoms with Crippen molar-refractivity contribution < 1.29 is 9.47 Å². The molecule has 2 rings (SSSR count). The maximum Gasteiger partial charge on any atom is 0.172 e. The van der Waals surface area contributed by atoms with E-state index in [1.165, 1.54) is 0 Å². The summed E-state index contributed by atoms with van der Waals surface area (Å²) in [5.74, 6) is -0.398. The van der Waals surface area contributed by atoms with E-state index in [1.807, 2.05) is 0 Å². The van der Waals surface area contributed by atoms with Gasteiger partial charge in [-0.2, -0.15) is 0 Å². The highest BCUT2D eigenvalue weighted by molar-refractivity contribution is 5.13. The van der Waals surface area contributed by atoms with Gasteiger partial charge in [0.15, 0.2) is 5.79 Å². The second-order valence-electron chi connectivity index (χ2n) is 5.95. The van der Waals surface area contributed by atoms with Gasteiger partial charge in [-0.25, -0.2) is 0 Å². The van der Waals surface area contributed by atoms with Gasteiger partial charge in [0.05, 0.1) is 11.2 Å². The minimum absolute atomic E-state index is 0.120. The smallest absolute Gasteiger partial charge is 0.172 e. The van der Waals surface area contributed by atoms with Crippen molar-refractivity contribution in [2.75, 3.05) is 0 Å². The molecule has 2 heterocycles. The van der Waals surface area contributed by atoms with E-state index in [-0.39, 0.29) is 16.6 Å². The zero-order valence-corrected chi connectivity index (χ0v) is 9.52. The number of hydrogen-bond donors (Lipinski definition) is 0. The van der Waals surface area contributed by atoms with Crippen molar-refractivity contribution in [1.82, 2.24) is 0 Å². The van der Waals surface area contributed by atoms with E-state index in [9.17, 15) is 0 Å². The van der Waals surface area contributed by atoms with Crippen LogP contribution >= 0.6 is 0 Å². The number of ether oxygens (including phenoxy) is 2. The molecule has 0 saturated carbocycles. The Balaban J connectivity index is 2.44. The Labute approximate surface area is 80.6 Å². The van der Waals surface area contributed by atoms with Crippen molar-refractivity contribution in [3.05, 3.63) is 0 Å². The van der Waals surface area contributed by atoms with Crippen LogP contribution in [0.4, 0.5) is 0 Å². The Morgan fingerprint density at radius 3 is 1.62 bits per heavy atom. The highest BCUT2D eigenvalue weighted by atomic mass is 16.8. The maximum atomic E-state index is 6.06. The number of hydrogen-bond acceptors (Lipinski definition) is 2. The molecule has 0 aromatic heterocycles. The molecule has 2 atom stereocenters. The quantitative estimate of drug-likeness (QED) is 0.576. The molecule has 0 radical (unpaired) electrons. The van der Waals surface area contributed by atoms with Crippen molar-refractivity contribution in [3.63, 3.8) is 0 Å². The highest BCUT2D eigenvalue weighted by Gasteiger charge is 2.70. The van der Waals surface area contributed by atoms with Gasteiger partial charge in [-0.3, -0.25) is 0 Å². The summed E-state index contributed by atoms with van der Waals surface area (Å²) in [5, 5.41) is 0. The molecular formula is C11H20O2. The van der Waals surface area contributed by atoms with E-state index in [0.717, 1.165) is 6.42 Å². The summed E-state index contributed by atoms with van der Waals surface area (Å²) in [6, 6.07) is 0. The molecule has 2 aliphatic rings. The third-order valence-electron chi connectivity index (χ3n) is 4.15. The van der Waals surface area contributed by atoms with Crippen molar-refractivity contribution in [3.8, 4) is 0 Å². The van der Waals surface area contributed by atoms with Gasteiger partial charge in [0.1, 0.15) is 0 Å². The molecule has 0 aliphatic carbocycles. The van der Waals surface area contributed by atoms with E-state index in [2.05, 4.69) is 41.5 Å². The van der Waals surface area contributed by atoms with Gasteiger partial charge in [0, 0.05) is 5.41 Å². The second-order valence-corrected chi connectivity index (χ2v) is 5.95. The summed E-state index contributed by atoms with van der Waals surface area (Å²) < 4.78 is 12.1. The first-order chi connectivity index (χ1) is 5.62.